The van der Waals surface area contributed by atoms with E-state index in [4.69, 9.17) is 0 Å². The predicted molar refractivity (Wildman–Crippen MR) is 101 cm³/mol. The third-order valence-electron chi connectivity index (χ3n) is 4.38. The van der Waals surface area contributed by atoms with Crippen molar-refractivity contribution in [2.45, 2.75) is 11.8 Å². The van der Waals surface area contributed by atoms with Crippen molar-refractivity contribution in [3.05, 3.63) is 108 Å². The highest BCUT2D eigenvalue weighted by Crippen LogP contribution is 2.56. The second-order valence-electron chi connectivity index (χ2n) is 5.89. The number of rotatable bonds is 3. The minimum Gasteiger partial charge on any atom is -0.0718 e. The molecule has 1 heteroatoms. The maximum atomic E-state index is 2.41. The van der Waals surface area contributed by atoms with Gasteiger partial charge in [0.15, 0.2) is 0 Å². The van der Waals surface area contributed by atoms with Crippen LogP contribution in [0.1, 0.15) is 22.3 Å². The highest BCUT2D eigenvalue weighted by atomic mass is 31.1. The molecule has 0 amide bonds. The molecule has 0 aliphatic carbocycles. The van der Waals surface area contributed by atoms with Gasteiger partial charge in [-0.2, -0.15) is 0 Å². The Kier molecular flexibility index (Phi) is 4.09. The van der Waals surface area contributed by atoms with E-state index in [0.29, 0.717) is 5.66 Å². The first-order valence-corrected chi connectivity index (χ1v) is 9.64. The van der Waals surface area contributed by atoms with Gasteiger partial charge >= 0.3 is 0 Å². The standard InChI is InChI=1S/C22H19P/c1-3-9-18(10-4-1)17-23-21-14-8-7-13-20(21)15-16-22(23)19-11-5-2-6-12-19/h1-16,22H,17H2. The summed E-state index contributed by atoms with van der Waals surface area (Å²) in [5.41, 5.74) is 4.76. The van der Waals surface area contributed by atoms with Crippen molar-refractivity contribution in [1.29, 1.82) is 0 Å². The molecule has 112 valence electrons. The van der Waals surface area contributed by atoms with Gasteiger partial charge in [-0.1, -0.05) is 105 Å². The average molecular weight is 314 g/mol. The van der Waals surface area contributed by atoms with E-state index in [2.05, 4.69) is 97.1 Å². The molecule has 0 fully saturated rings. The van der Waals surface area contributed by atoms with Gasteiger partial charge in [-0.25, -0.2) is 0 Å². The molecule has 0 N–H and O–H groups in total. The molecule has 3 aromatic rings. The lowest BCUT2D eigenvalue weighted by Crippen LogP contribution is -2.14. The number of hydrogen-bond donors (Lipinski definition) is 0. The zero-order valence-electron chi connectivity index (χ0n) is 13.0. The van der Waals surface area contributed by atoms with Gasteiger partial charge in [0.2, 0.25) is 0 Å². The lowest BCUT2D eigenvalue weighted by Gasteiger charge is -2.31. The minimum atomic E-state index is -0.290. The Morgan fingerprint density at radius 2 is 1.35 bits per heavy atom. The van der Waals surface area contributed by atoms with E-state index in [1.165, 1.54) is 22.0 Å². The van der Waals surface area contributed by atoms with Crippen molar-refractivity contribution in [1.82, 2.24) is 0 Å². The van der Waals surface area contributed by atoms with E-state index >= 15 is 0 Å². The fourth-order valence-corrected chi connectivity index (χ4v) is 6.10. The monoisotopic (exact) mass is 314 g/mol. The molecule has 0 nitrogen and oxygen atoms in total. The molecule has 1 aliphatic rings. The lowest BCUT2D eigenvalue weighted by molar-refractivity contribution is 1.19. The summed E-state index contributed by atoms with van der Waals surface area (Å²) in [5.74, 6) is 0. The molecule has 0 saturated carbocycles. The van der Waals surface area contributed by atoms with Crippen LogP contribution in [-0.4, -0.2) is 0 Å². The molecule has 0 radical (unpaired) electrons. The predicted octanol–water partition coefficient (Wildman–Crippen LogP) is 5.76. The topological polar surface area (TPSA) is 0 Å². The molecule has 0 spiro atoms. The maximum absolute atomic E-state index is 2.41. The Labute approximate surface area is 139 Å². The summed E-state index contributed by atoms with van der Waals surface area (Å²) in [6.45, 7) is 0. The number of allylic oxidation sites excluding steroid dienone is 1. The van der Waals surface area contributed by atoms with Gasteiger partial charge in [-0.05, 0) is 28.2 Å². The van der Waals surface area contributed by atoms with Crippen molar-refractivity contribution >= 4 is 19.3 Å². The Hall–Kier alpha value is -2.17. The molecule has 1 aliphatic heterocycles. The van der Waals surface area contributed by atoms with Crippen molar-refractivity contribution in [2.75, 3.05) is 0 Å². The Balaban J connectivity index is 1.77. The molecule has 2 atom stereocenters. The molecule has 4 rings (SSSR count). The summed E-state index contributed by atoms with van der Waals surface area (Å²) in [6.07, 6.45) is 5.85. The summed E-state index contributed by atoms with van der Waals surface area (Å²) < 4.78 is 0. The van der Waals surface area contributed by atoms with Crippen molar-refractivity contribution in [3.8, 4) is 0 Å². The van der Waals surface area contributed by atoms with Gasteiger partial charge < -0.3 is 0 Å². The van der Waals surface area contributed by atoms with Crippen LogP contribution >= 0.6 is 7.92 Å². The Morgan fingerprint density at radius 1 is 0.696 bits per heavy atom. The van der Waals surface area contributed by atoms with Crippen LogP contribution < -0.4 is 5.30 Å². The van der Waals surface area contributed by atoms with Crippen LogP contribution in [0, 0.1) is 0 Å². The number of benzene rings is 3. The third-order valence-corrected chi connectivity index (χ3v) is 7.25. The van der Waals surface area contributed by atoms with Gasteiger partial charge in [0.1, 0.15) is 0 Å². The van der Waals surface area contributed by atoms with Crippen LogP contribution in [0.25, 0.3) is 6.08 Å². The summed E-state index contributed by atoms with van der Waals surface area (Å²) in [4.78, 5) is 0. The lowest BCUT2D eigenvalue weighted by atomic mass is 10.1. The SMILES string of the molecule is C1=CC(c2ccccc2)P(Cc2ccccc2)c2ccccc21. The highest BCUT2D eigenvalue weighted by Gasteiger charge is 2.26. The first kappa shape index (κ1) is 14.4. The van der Waals surface area contributed by atoms with Gasteiger partial charge in [0.25, 0.3) is 0 Å². The average Bonchev–Trinajstić information content (AvgIpc) is 2.64. The molecule has 0 aromatic heterocycles. The summed E-state index contributed by atoms with van der Waals surface area (Å²) in [6, 6.07) is 30.7. The Bertz CT molecular complexity index is 806. The van der Waals surface area contributed by atoms with E-state index in [-0.39, 0.29) is 7.92 Å². The van der Waals surface area contributed by atoms with Crippen LogP contribution in [0.3, 0.4) is 0 Å². The van der Waals surface area contributed by atoms with Gasteiger partial charge in [-0.3, -0.25) is 0 Å². The number of hydrogen-bond acceptors (Lipinski definition) is 0. The molecule has 23 heavy (non-hydrogen) atoms. The zero-order chi connectivity index (χ0) is 15.5. The van der Waals surface area contributed by atoms with E-state index in [9.17, 15) is 0 Å². The first-order chi connectivity index (χ1) is 11.4. The molecule has 1 heterocycles. The number of fused-ring (bicyclic) bond motifs is 1. The molecular weight excluding hydrogens is 295 g/mol. The van der Waals surface area contributed by atoms with Crippen molar-refractivity contribution in [2.24, 2.45) is 0 Å². The van der Waals surface area contributed by atoms with Crippen molar-refractivity contribution < 1.29 is 0 Å². The van der Waals surface area contributed by atoms with E-state index in [0.717, 1.165) is 6.16 Å². The molecular formula is C22H19P. The van der Waals surface area contributed by atoms with Crippen LogP contribution in [0.4, 0.5) is 0 Å². The molecule has 2 unspecified atom stereocenters. The first-order valence-electron chi connectivity index (χ1n) is 8.04. The third kappa shape index (κ3) is 3.00. The van der Waals surface area contributed by atoms with E-state index in [1.807, 2.05) is 0 Å². The van der Waals surface area contributed by atoms with Crippen LogP contribution in [0.15, 0.2) is 91.0 Å². The van der Waals surface area contributed by atoms with Crippen LogP contribution in [0.2, 0.25) is 0 Å². The van der Waals surface area contributed by atoms with E-state index < -0.39 is 0 Å². The fraction of sp³-hybridized carbons (Fsp3) is 0.0909. The fourth-order valence-electron chi connectivity index (χ4n) is 3.24. The quantitative estimate of drug-likeness (QED) is 0.539. The van der Waals surface area contributed by atoms with Crippen LogP contribution in [-0.2, 0) is 6.16 Å². The molecule has 0 bridgehead atoms. The van der Waals surface area contributed by atoms with Gasteiger partial charge in [0.05, 0.1) is 0 Å². The maximum Gasteiger partial charge on any atom is 0.0268 e. The molecule has 0 saturated heterocycles. The Morgan fingerprint density at radius 3 is 2.13 bits per heavy atom. The van der Waals surface area contributed by atoms with Gasteiger partial charge in [-0.15, -0.1) is 0 Å². The smallest absolute Gasteiger partial charge is 0.0268 e. The zero-order valence-corrected chi connectivity index (χ0v) is 13.9. The highest BCUT2D eigenvalue weighted by molar-refractivity contribution is 7.65. The summed E-state index contributed by atoms with van der Waals surface area (Å²) >= 11 is 0. The second-order valence-corrected chi connectivity index (χ2v) is 8.18. The van der Waals surface area contributed by atoms with Gasteiger partial charge in [0, 0.05) is 5.66 Å². The van der Waals surface area contributed by atoms with Crippen molar-refractivity contribution in [3.63, 3.8) is 0 Å². The summed E-state index contributed by atoms with van der Waals surface area (Å²) in [7, 11) is -0.290. The summed E-state index contributed by atoms with van der Waals surface area (Å²) in [5, 5.41) is 1.53. The second kappa shape index (κ2) is 6.52. The minimum absolute atomic E-state index is 0.290. The molecule has 3 aromatic carbocycles. The van der Waals surface area contributed by atoms with Crippen LogP contribution in [0.5, 0.6) is 0 Å². The van der Waals surface area contributed by atoms with E-state index in [1.54, 1.807) is 0 Å². The normalized spacial score (nSPS) is 19.3. The largest absolute Gasteiger partial charge is 0.0718 e.